The molecule has 0 aliphatic carbocycles. The van der Waals surface area contributed by atoms with Crippen LogP contribution in [0, 0.1) is 0 Å². The molecule has 0 atom stereocenters. The van der Waals surface area contributed by atoms with Crippen molar-refractivity contribution in [3.63, 3.8) is 0 Å². The molecule has 0 fully saturated rings. The van der Waals surface area contributed by atoms with Crippen LogP contribution >= 0.6 is 0 Å². The highest BCUT2D eigenvalue weighted by Gasteiger charge is 2.21. The third-order valence-corrected chi connectivity index (χ3v) is 6.26. The Labute approximate surface area is 188 Å². The fourth-order valence-corrected chi connectivity index (χ4v) is 4.17. The summed E-state index contributed by atoms with van der Waals surface area (Å²) in [5.41, 5.74) is 1.92. The summed E-state index contributed by atoms with van der Waals surface area (Å²) in [7, 11) is -1.03. The van der Waals surface area contributed by atoms with E-state index < -0.39 is 10.0 Å². The normalized spacial score (nSPS) is 11.1. The Kier molecular flexibility index (Phi) is 7.86. The molecule has 0 unspecified atom stereocenters. The lowest BCUT2D eigenvalue weighted by atomic mass is 10.1. The van der Waals surface area contributed by atoms with E-state index in [9.17, 15) is 13.2 Å². The van der Waals surface area contributed by atoms with Crippen LogP contribution < -0.4 is 14.2 Å². The Morgan fingerprint density at radius 3 is 1.84 bits per heavy atom. The first kappa shape index (κ1) is 23.3. The van der Waals surface area contributed by atoms with Crippen LogP contribution in [0.2, 0.25) is 0 Å². The maximum absolute atomic E-state index is 13.0. The highest BCUT2D eigenvalue weighted by molar-refractivity contribution is 7.89. The van der Waals surface area contributed by atoms with Gasteiger partial charge in [-0.1, -0.05) is 60.7 Å². The molecule has 0 radical (unpaired) electrons. The Morgan fingerprint density at radius 1 is 0.812 bits per heavy atom. The molecule has 32 heavy (non-hydrogen) atoms. The quantitative estimate of drug-likeness (QED) is 0.509. The summed E-state index contributed by atoms with van der Waals surface area (Å²) in [6.07, 6.45) is 0. The van der Waals surface area contributed by atoms with Crippen molar-refractivity contribution in [3.05, 3.63) is 90.0 Å². The lowest BCUT2D eigenvalue weighted by molar-refractivity contribution is -0.131. The van der Waals surface area contributed by atoms with E-state index in [1.807, 2.05) is 60.7 Å². The van der Waals surface area contributed by atoms with Gasteiger partial charge in [0.1, 0.15) is 0 Å². The molecule has 1 amide bonds. The van der Waals surface area contributed by atoms with Crippen molar-refractivity contribution >= 4 is 15.9 Å². The van der Waals surface area contributed by atoms with Crippen molar-refractivity contribution < 1.29 is 22.7 Å². The Morgan fingerprint density at radius 2 is 1.34 bits per heavy atom. The maximum atomic E-state index is 13.0. The summed E-state index contributed by atoms with van der Waals surface area (Å²) in [6.45, 7) is 0.371. The van der Waals surface area contributed by atoms with Crippen LogP contribution in [0.5, 0.6) is 11.5 Å². The minimum absolute atomic E-state index is 0.0133. The van der Waals surface area contributed by atoms with E-state index in [0.717, 1.165) is 11.1 Å². The van der Waals surface area contributed by atoms with E-state index in [0.29, 0.717) is 18.8 Å². The lowest BCUT2D eigenvalue weighted by Crippen LogP contribution is -2.39. The predicted octanol–water partition coefficient (Wildman–Crippen LogP) is 3.21. The van der Waals surface area contributed by atoms with Gasteiger partial charge >= 0.3 is 0 Å². The second-order valence-electron chi connectivity index (χ2n) is 7.06. The van der Waals surface area contributed by atoms with Crippen LogP contribution in [0.3, 0.4) is 0 Å². The van der Waals surface area contributed by atoms with Crippen molar-refractivity contribution in [3.8, 4) is 11.5 Å². The number of nitrogens with one attached hydrogen (secondary N) is 1. The number of carbonyl (C=O) groups is 1. The summed E-state index contributed by atoms with van der Waals surface area (Å²) in [5.74, 6) is 0.373. The standard InChI is InChI=1S/C24H26N2O5S/c1-30-22-14-13-21(15-23(22)31-2)32(28,29)25-16-24(27)26(17-19-9-5-3-6-10-19)18-20-11-7-4-8-12-20/h3-15,25H,16-18H2,1-2H3. The first-order valence-electron chi connectivity index (χ1n) is 10.0. The highest BCUT2D eigenvalue weighted by Crippen LogP contribution is 2.29. The van der Waals surface area contributed by atoms with Crippen LogP contribution in [0.15, 0.2) is 83.8 Å². The Hall–Kier alpha value is -3.36. The van der Waals surface area contributed by atoms with Gasteiger partial charge in [-0.3, -0.25) is 4.79 Å². The SMILES string of the molecule is COc1ccc(S(=O)(=O)NCC(=O)N(Cc2ccccc2)Cc2ccccc2)cc1OC. The zero-order valence-corrected chi connectivity index (χ0v) is 18.8. The second-order valence-corrected chi connectivity index (χ2v) is 8.83. The van der Waals surface area contributed by atoms with Crippen molar-refractivity contribution in [1.29, 1.82) is 0 Å². The molecule has 0 aliphatic rings. The number of hydrogen-bond acceptors (Lipinski definition) is 5. The van der Waals surface area contributed by atoms with E-state index in [2.05, 4.69) is 4.72 Å². The minimum atomic E-state index is -3.93. The van der Waals surface area contributed by atoms with E-state index in [1.54, 1.807) is 4.90 Å². The van der Waals surface area contributed by atoms with Gasteiger partial charge in [0, 0.05) is 19.2 Å². The van der Waals surface area contributed by atoms with E-state index in [1.165, 1.54) is 32.4 Å². The molecule has 3 rings (SSSR count). The van der Waals surface area contributed by atoms with Gasteiger partial charge in [0.2, 0.25) is 15.9 Å². The molecular formula is C24H26N2O5S. The van der Waals surface area contributed by atoms with Crippen molar-refractivity contribution in [2.24, 2.45) is 0 Å². The van der Waals surface area contributed by atoms with Crippen LogP contribution in [-0.2, 0) is 27.9 Å². The lowest BCUT2D eigenvalue weighted by Gasteiger charge is -2.23. The predicted molar refractivity (Wildman–Crippen MR) is 122 cm³/mol. The number of benzene rings is 3. The molecule has 0 aliphatic heterocycles. The highest BCUT2D eigenvalue weighted by atomic mass is 32.2. The first-order valence-corrected chi connectivity index (χ1v) is 11.5. The van der Waals surface area contributed by atoms with E-state index in [-0.39, 0.29) is 23.1 Å². The number of carbonyl (C=O) groups excluding carboxylic acids is 1. The molecule has 0 spiro atoms. The second kappa shape index (κ2) is 10.8. The number of rotatable bonds is 10. The van der Waals surface area contributed by atoms with E-state index >= 15 is 0 Å². The average Bonchev–Trinajstić information content (AvgIpc) is 2.83. The Balaban J connectivity index is 1.75. The molecule has 168 valence electrons. The van der Waals surface area contributed by atoms with Crippen molar-refractivity contribution in [2.75, 3.05) is 20.8 Å². The molecule has 0 saturated carbocycles. The summed E-state index contributed by atoms with van der Waals surface area (Å²) in [4.78, 5) is 14.6. The number of sulfonamides is 1. The number of hydrogen-bond donors (Lipinski definition) is 1. The van der Waals surface area contributed by atoms with Crippen LogP contribution in [-0.4, -0.2) is 40.0 Å². The topological polar surface area (TPSA) is 84.9 Å². The zero-order valence-electron chi connectivity index (χ0n) is 18.0. The Bertz CT molecular complexity index is 1090. The number of nitrogens with zero attached hydrogens (tertiary/aromatic N) is 1. The van der Waals surface area contributed by atoms with Crippen LogP contribution in [0.25, 0.3) is 0 Å². The third-order valence-electron chi connectivity index (χ3n) is 4.86. The van der Waals surface area contributed by atoms with E-state index in [4.69, 9.17) is 9.47 Å². The largest absolute Gasteiger partial charge is 0.493 e. The van der Waals surface area contributed by atoms with Crippen LogP contribution in [0.4, 0.5) is 0 Å². The number of amides is 1. The fraction of sp³-hybridized carbons (Fsp3) is 0.208. The van der Waals surface area contributed by atoms with Gasteiger partial charge in [-0.15, -0.1) is 0 Å². The summed E-state index contributed by atoms with van der Waals surface area (Å²) < 4.78 is 38.3. The van der Waals surface area contributed by atoms with Gasteiger partial charge in [-0.2, -0.15) is 0 Å². The molecule has 0 aromatic heterocycles. The monoisotopic (exact) mass is 454 g/mol. The molecule has 3 aromatic carbocycles. The van der Waals surface area contributed by atoms with Gasteiger partial charge in [0.15, 0.2) is 11.5 Å². The zero-order chi connectivity index (χ0) is 23.0. The van der Waals surface area contributed by atoms with Crippen molar-refractivity contribution in [2.45, 2.75) is 18.0 Å². The third kappa shape index (κ3) is 6.09. The summed E-state index contributed by atoms with van der Waals surface area (Å²) in [5, 5.41) is 0. The average molecular weight is 455 g/mol. The first-order chi connectivity index (χ1) is 15.4. The molecule has 0 bridgehead atoms. The number of ether oxygens (including phenoxy) is 2. The van der Waals surface area contributed by atoms with Gasteiger partial charge in [-0.05, 0) is 23.3 Å². The van der Waals surface area contributed by atoms with Gasteiger partial charge in [-0.25, -0.2) is 13.1 Å². The molecule has 3 aromatic rings. The smallest absolute Gasteiger partial charge is 0.241 e. The molecule has 7 nitrogen and oxygen atoms in total. The number of methoxy groups -OCH3 is 2. The summed E-state index contributed by atoms with van der Waals surface area (Å²) >= 11 is 0. The fourth-order valence-electron chi connectivity index (χ4n) is 3.18. The maximum Gasteiger partial charge on any atom is 0.241 e. The minimum Gasteiger partial charge on any atom is -0.493 e. The molecule has 0 saturated heterocycles. The molecule has 0 heterocycles. The van der Waals surface area contributed by atoms with Gasteiger partial charge < -0.3 is 14.4 Å². The van der Waals surface area contributed by atoms with Gasteiger partial charge in [0.05, 0.1) is 25.7 Å². The van der Waals surface area contributed by atoms with Gasteiger partial charge in [0.25, 0.3) is 0 Å². The molecule has 1 N–H and O–H groups in total. The van der Waals surface area contributed by atoms with Crippen molar-refractivity contribution in [1.82, 2.24) is 9.62 Å². The van der Waals surface area contributed by atoms with Crippen LogP contribution in [0.1, 0.15) is 11.1 Å². The molecular weight excluding hydrogens is 428 g/mol. The molecule has 8 heteroatoms. The summed E-state index contributed by atoms with van der Waals surface area (Å²) in [6, 6.07) is 23.4.